The summed E-state index contributed by atoms with van der Waals surface area (Å²) < 4.78 is 14.8. The predicted octanol–water partition coefficient (Wildman–Crippen LogP) is 8.09. The van der Waals surface area contributed by atoms with E-state index in [1.807, 2.05) is 0 Å². The van der Waals surface area contributed by atoms with Gasteiger partial charge in [-0.2, -0.15) is 0 Å². The molecule has 184 valence electrons. The Balaban J connectivity index is 1.88. The minimum absolute atomic E-state index is 0.735. The van der Waals surface area contributed by atoms with Gasteiger partial charge >= 0.3 is 0 Å². The van der Waals surface area contributed by atoms with Gasteiger partial charge in [0.2, 0.25) is 0 Å². The minimum Gasteiger partial charge on any atom is -0.496 e. The van der Waals surface area contributed by atoms with E-state index in [2.05, 4.69) is 109 Å². The van der Waals surface area contributed by atoms with Gasteiger partial charge in [-0.05, 0) is 67.7 Å². The first-order valence-corrected chi connectivity index (χ1v) is 15.1. The van der Waals surface area contributed by atoms with Gasteiger partial charge < -0.3 is 9.47 Å². The maximum absolute atomic E-state index is 6.01. The quantitative estimate of drug-likeness (QED) is 0.186. The molecule has 0 spiro atoms. The summed E-state index contributed by atoms with van der Waals surface area (Å²) in [6, 6.07) is 32.9. The van der Waals surface area contributed by atoms with Crippen LogP contribution in [0.3, 0.4) is 0 Å². The van der Waals surface area contributed by atoms with Gasteiger partial charge in [0, 0.05) is 35.5 Å². The fourth-order valence-electron chi connectivity index (χ4n) is 4.97. The molecule has 0 fully saturated rings. The van der Waals surface area contributed by atoms with Crippen molar-refractivity contribution in [1.29, 1.82) is 0 Å². The SMILES string of the molecule is CCCCN(P(c1ccccc1OC)c1c(C)cccc1OC)p1c2ccccc2c2ccccc21. The zero-order valence-corrected chi connectivity index (χ0v) is 23.2. The molecule has 0 N–H and O–H groups in total. The summed E-state index contributed by atoms with van der Waals surface area (Å²) in [5, 5.41) is 8.14. The molecule has 0 aliphatic heterocycles. The monoisotopic (exact) mass is 513 g/mol. The zero-order chi connectivity index (χ0) is 25.1. The standard InChI is InChI=1S/C31H33NO2P2/c1-5-6-22-32(35-28-19-10-7-15-24(28)25-16-8-11-20-29(25)35)36(30-21-12-9-17-26(30)33-3)31-23(2)14-13-18-27(31)34-4/h7-21H,5-6,22H2,1-4H3. The number of unbranched alkanes of at least 4 members (excludes halogenated alkanes) is 1. The molecule has 36 heavy (non-hydrogen) atoms. The lowest BCUT2D eigenvalue weighted by Crippen LogP contribution is -2.30. The number of benzene rings is 4. The van der Waals surface area contributed by atoms with Crippen molar-refractivity contribution in [3.8, 4) is 11.5 Å². The van der Waals surface area contributed by atoms with E-state index < -0.39 is 15.8 Å². The van der Waals surface area contributed by atoms with E-state index in [1.54, 1.807) is 14.2 Å². The molecule has 1 atom stereocenters. The van der Waals surface area contributed by atoms with Crippen molar-refractivity contribution >= 4 is 47.4 Å². The summed E-state index contributed by atoms with van der Waals surface area (Å²) in [4.78, 5) is 0. The largest absolute Gasteiger partial charge is 0.496 e. The van der Waals surface area contributed by atoms with Gasteiger partial charge in [-0.3, -0.25) is 0 Å². The van der Waals surface area contributed by atoms with Crippen LogP contribution in [0.4, 0.5) is 0 Å². The number of para-hydroxylation sites is 1. The number of aryl methyl sites for hydroxylation is 1. The van der Waals surface area contributed by atoms with E-state index in [9.17, 15) is 0 Å². The highest BCUT2D eigenvalue weighted by atomic mass is 31.2. The van der Waals surface area contributed by atoms with E-state index in [0.29, 0.717) is 0 Å². The fourth-order valence-corrected chi connectivity index (χ4v) is 11.7. The van der Waals surface area contributed by atoms with Crippen LogP contribution in [0.5, 0.6) is 11.5 Å². The second-order valence-corrected chi connectivity index (χ2v) is 13.3. The predicted molar refractivity (Wildman–Crippen MR) is 159 cm³/mol. The third-order valence-electron chi connectivity index (χ3n) is 6.67. The Morgan fingerprint density at radius 1 is 0.722 bits per heavy atom. The van der Waals surface area contributed by atoms with Gasteiger partial charge in [-0.25, -0.2) is 4.44 Å². The van der Waals surface area contributed by atoms with Crippen molar-refractivity contribution in [2.45, 2.75) is 26.7 Å². The Labute approximate surface area is 216 Å². The van der Waals surface area contributed by atoms with E-state index in [-0.39, 0.29) is 0 Å². The Kier molecular flexibility index (Phi) is 7.63. The van der Waals surface area contributed by atoms with E-state index in [0.717, 1.165) is 30.9 Å². The molecule has 0 aliphatic carbocycles. The summed E-state index contributed by atoms with van der Waals surface area (Å²) in [6.07, 6.45) is 2.27. The molecular formula is C31H33NO2P2. The summed E-state index contributed by atoms with van der Waals surface area (Å²) >= 11 is 0. The third-order valence-corrected chi connectivity index (χ3v) is 12.6. The van der Waals surface area contributed by atoms with Crippen LogP contribution in [-0.2, 0) is 0 Å². The van der Waals surface area contributed by atoms with E-state index in [4.69, 9.17) is 9.47 Å². The highest BCUT2D eigenvalue weighted by Gasteiger charge is 2.32. The van der Waals surface area contributed by atoms with Gasteiger partial charge in [0.05, 0.1) is 14.2 Å². The maximum atomic E-state index is 6.01. The molecule has 1 unspecified atom stereocenters. The summed E-state index contributed by atoms with van der Waals surface area (Å²) in [7, 11) is 1.89. The first-order chi connectivity index (χ1) is 17.7. The molecule has 1 aromatic heterocycles. The minimum atomic E-state index is -0.948. The zero-order valence-electron chi connectivity index (χ0n) is 21.4. The molecule has 0 radical (unpaired) electrons. The lowest BCUT2D eigenvalue weighted by atomic mass is 10.2. The van der Waals surface area contributed by atoms with Crippen molar-refractivity contribution in [2.75, 3.05) is 25.2 Å². The number of hydrogen-bond acceptors (Lipinski definition) is 3. The molecule has 5 heteroatoms. The van der Waals surface area contributed by atoms with Gasteiger partial charge in [-0.15, -0.1) is 0 Å². The number of ether oxygens (including phenoxy) is 2. The van der Waals surface area contributed by atoms with Crippen LogP contribution in [0.25, 0.3) is 21.0 Å². The van der Waals surface area contributed by atoms with Gasteiger partial charge in [0.15, 0.2) is 0 Å². The first kappa shape index (κ1) is 24.8. The smallest absolute Gasteiger partial charge is 0.128 e. The molecule has 4 aromatic carbocycles. The van der Waals surface area contributed by atoms with E-state index in [1.165, 1.54) is 37.2 Å². The molecule has 3 nitrogen and oxygen atoms in total. The molecule has 0 bridgehead atoms. The molecule has 0 saturated heterocycles. The normalized spacial score (nSPS) is 12.4. The Hall–Kier alpha value is -2.83. The highest BCUT2D eigenvalue weighted by molar-refractivity contribution is 7.86. The highest BCUT2D eigenvalue weighted by Crippen LogP contribution is 2.59. The molecular weight excluding hydrogens is 480 g/mol. The molecule has 0 saturated carbocycles. The van der Waals surface area contributed by atoms with Crippen molar-refractivity contribution in [2.24, 2.45) is 0 Å². The van der Waals surface area contributed by atoms with Crippen molar-refractivity contribution < 1.29 is 9.47 Å². The van der Waals surface area contributed by atoms with Crippen molar-refractivity contribution in [3.63, 3.8) is 0 Å². The average Bonchev–Trinajstić information content (AvgIpc) is 3.26. The van der Waals surface area contributed by atoms with E-state index >= 15 is 0 Å². The number of fused-ring (bicyclic) bond motifs is 3. The Bertz CT molecular complexity index is 1440. The molecule has 0 amide bonds. The average molecular weight is 514 g/mol. The Morgan fingerprint density at radius 3 is 1.94 bits per heavy atom. The number of nitrogens with zero attached hydrogens (tertiary/aromatic N) is 1. The summed E-state index contributed by atoms with van der Waals surface area (Å²) in [6.45, 7) is 5.50. The van der Waals surface area contributed by atoms with Crippen LogP contribution in [0, 0.1) is 6.92 Å². The van der Waals surface area contributed by atoms with Crippen LogP contribution >= 0.6 is 15.8 Å². The molecule has 5 aromatic rings. The molecule has 5 rings (SSSR count). The second kappa shape index (κ2) is 11.1. The lowest BCUT2D eigenvalue weighted by Gasteiger charge is -2.35. The molecule has 1 heterocycles. The van der Waals surface area contributed by atoms with Gasteiger partial charge in [-0.1, -0.05) is 74.0 Å². The Morgan fingerprint density at radius 2 is 1.31 bits per heavy atom. The number of rotatable bonds is 9. The third kappa shape index (κ3) is 4.41. The second-order valence-electron chi connectivity index (χ2n) is 8.90. The van der Waals surface area contributed by atoms with Crippen molar-refractivity contribution in [3.05, 3.63) is 96.6 Å². The van der Waals surface area contributed by atoms with Gasteiger partial charge in [0.1, 0.15) is 11.5 Å². The van der Waals surface area contributed by atoms with Crippen LogP contribution in [0.1, 0.15) is 25.3 Å². The van der Waals surface area contributed by atoms with Crippen LogP contribution in [-0.4, -0.2) is 20.8 Å². The van der Waals surface area contributed by atoms with Crippen LogP contribution in [0.15, 0.2) is 91.0 Å². The van der Waals surface area contributed by atoms with Gasteiger partial charge in [0.25, 0.3) is 0 Å². The lowest BCUT2D eigenvalue weighted by molar-refractivity contribution is 0.417. The number of hydrogen-bond donors (Lipinski definition) is 0. The molecule has 0 aliphatic rings. The summed E-state index contributed by atoms with van der Waals surface area (Å²) in [5.74, 6) is 1.88. The first-order valence-electron chi connectivity index (χ1n) is 12.5. The summed E-state index contributed by atoms with van der Waals surface area (Å²) in [5.41, 5.74) is 1.25. The number of methoxy groups -OCH3 is 2. The fraction of sp³-hybridized carbons (Fsp3) is 0.226. The maximum Gasteiger partial charge on any atom is 0.128 e. The van der Waals surface area contributed by atoms with Crippen LogP contribution in [0.2, 0.25) is 0 Å². The van der Waals surface area contributed by atoms with Crippen LogP contribution < -0.4 is 24.5 Å². The topological polar surface area (TPSA) is 21.7 Å². The van der Waals surface area contributed by atoms with Crippen molar-refractivity contribution in [1.82, 2.24) is 0 Å².